The van der Waals surface area contributed by atoms with Gasteiger partial charge in [0.05, 0.1) is 0 Å². The summed E-state index contributed by atoms with van der Waals surface area (Å²) in [7, 11) is 0. The highest BCUT2D eigenvalue weighted by atomic mass is 19.3. The summed E-state index contributed by atoms with van der Waals surface area (Å²) in [6, 6.07) is 3.24. The Morgan fingerprint density at radius 2 is 1.87 bits per heavy atom. The van der Waals surface area contributed by atoms with Crippen LogP contribution >= 0.6 is 0 Å². The number of ketones is 1. The number of halogens is 5. The number of alkyl halides is 4. The normalized spacial score (nSPS) is 11.9. The SMILES string of the molecule is O=C(c1cccc(F)c1)C(F)(F)C(F)F. The zero-order valence-electron chi connectivity index (χ0n) is 7.18. The Labute approximate surface area is 81.5 Å². The second-order valence-corrected chi connectivity index (χ2v) is 2.76. The van der Waals surface area contributed by atoms with Gasteiger partial charge in [-0.25, -0.2) is 13.2 Å². The third-order valence-electron chi connectivity index (χ3n) is 1.66. The Balaban J connectivity index is 3.05. The second kappa shape index (κ2) is 3.96. The van der Waals surface area contributed by atoms with Gasteiger partial charge in [-0.3, -0.25) is 4.79 Å². The number of carbonyl (C=O) groups is 1. The molecule has 0 bridgehead atoms. The van der Waals surface area contributed by atoms with Crippen LogP contribution < -0.4 is 0 Å². The van der Waals surface area contributed by atoms with Gasteiger partial charge in [-0.15, -0.1) is 0 Å². The summed E-state index contributed by atoms with van der Waals surface area (Å²) in [4.78, 5) is 10.9. The quantitative estimate of drug-likeness (QED) is 0.569. The van der Waals surface area contributed by atoms with Gasteiger partial charge in [0.2, 0.25) is 5.78 Å². The summed E-state index contributed by atoms with van der Waals surface area (Å²) in [5.74, 6) is -7.81. The first-order valence-corrected chi connectivity index (χ1v) is 3.82. The average molecular weight is 224 g/mol. The fourth-order valence-electron chi connectivity index (χ4n) is 0.921. The molecule has 6 heteroatoms. The Bertz CT molecular complexity index is 375. The molecule has 0 unspecified atom stereocenters. The summed E-state index contributed by atoms with van der Waals surface area (Å²) in [6.45, 7) is 0. The molecule has 0 N–H and O–H groups in total. The van der Waals surface area contributed by atoms with Gasteiger partial charge in [-0.1, -0.05) is 12.1 Å². The first kappa shape index (κ1) is 11.6. The number of benzene rings is 1. The van der Waals surface area contributed by atoms with E-state index in [-0.39, 0.29) is 0 Å². The highest BCUT2D eigenvalue weighted by Gasteiger charge is 2.48. The van der Waals surface area contributed by atoms with Crippen LogP contribution in [0.2, 0.25) is 0 Å². The van der Waals surface area contributed by atoms with Crippen LogP contribution in [-0.2, 0) is 0 Å². The number of rotatable bonds is 3. The minimum atomic E-state index is -4.78. The van der Waals surface area contributed by atoms with Crippen LogP contribution in [-0.4, -0.2) is 18.1 Å². The van der Waals surface area contributed by atoms with Crippen molar-refractivity contribution >= 4 is 5.78 Å². The minimum Gasteiger partial charge on any atom is -0.287 e. The zero-order chi connectivity index (χ0) is 11.6. The number of hydrogen-bond donors (Lipinski definition) is 0. The molecule has 0 aliphatic carbocycles. The monoisotopic (exact) mass is 224 g/mol. The zero-order valence-corrected chi connectivity index (χ0v) is 7.18. The molecule has 0 amide bonds. The van der Waals surface area contributed by atoms with E-state index >= 15 is 0 Å². The first-order chi connectivity index (χ1) is 6.85. The van der Waals surface area contributed by atoms with Crippen LogP contribution in [0, 0.1) is 5.82 Å². The lowest BCUT2D eigenvalue weighted by Gasteiger charge is -2.13. The van der Waals surface area contributed by atoms with Crippen molar-refractivity contribution in [2.75, 3.05) is 0 Å². The van der Waals surface area contributed by atoms with E-state index in [1.807, 2.05) is 0 Å². The molecule has 0 saturated heterocycles. The topological polar surface area (TPSA) is 17.1 Å². The molecule has 0 aliphatic rings. The van der Waals surface area contributed by atoms with Crippen molar-refractivity contribution in [2.24, 2.45) is 0 Å². The predicted octanol–water partition coefficient (Wildman–Crippen LogP) is 2.91. The lowest BCUT2D eigenvalue weighted by Crippen LogP contribution is -2.36. The van der Waals surface area contributed by atoms with Crippen molar-refractivity contribution in [1.29, 1.82) is 0 Å². The molecule has 15 heavy (non-hydrogen) atoms. The lowest BCUT2D eigenvalue weighted by atomic mass is 10.1. The lowest BCUT2D eigenvalue weighted by molar-refractivity contribution is -0.0958. The fourth-order valence-corrected chi connectivity index (χ4v) is 0.921. The van der Waals surface area contributed by atoms with E-state index < -0.39 is 29.5 Å². The molecule has 1 aromatic carbocycles. The molecule has 0 spiro atoms. The Morgan fingerprint density at radius 1 is 1.27 bits per heavy atom. The van der Waals surface area contributed by atoms with E-state index in [4.69, 9.17) is 0 Å². The van der Waals surface area contributed by atoms with Gasteiger partial charge in [0.25, 0.3) is 0 Å². The third-order valence-corrected chi connectivity index (χ3v) is 1.66. The summed E-state index contributed by atoms with van der Waals surface area (Å²) < 4.78 is 61.2. The highest BCUT2D eigenvalue weighted by Crippen LogP contribution is 2.27. The van der Waals surface area contributed by atoms with Gasteiger partial charge in [-0.2, -0.15) is 8.78 Å². The van der Waals surface area contributed by atoms with Gasteiger partial charge in [-0.05, 0) is 12.1 Å². The molecule has 0 heterocycles. The van der Waals surface area contributed by atoms with E-state index in [2.05, 4.69) is 0 Å². The standard InChI is InChI=1S/C9H5F5O/c10-6-3-1-2-5(4-6)7(15)9(13,14)8(11)12/h1-4,8H. The maximum absolute atomic E-state index is 12.5. The summed E-state index contributed by atoms with van der Waals surface area (Å²) in [5.41, 5.74) is -0.777. The van der Waals surface area contributed by atoms with Crippen molar-refractivity contribution in [3.8, 4) is 0 Å². The van der Waals surface area contributed by atoms with Crippen molar-refractivity contribution in [2.45, 2.75) is 12.3 Å². The molecule has 1 nitrogen and oxygen atoms in total. The summed E-state index contributed by atoms with van der Waals surface area (Å²) >= 11 is 0. The van der Waals surface area contributed by atoms with Crippen LogP contribution in [0.25, 0.3) is 0 Å². The molecular weight excluding hydrogens is 219 g/mol. The maximum atomic E-state index is 12.5. The molecule has 82 valence electrons. The largest absolute Gasteiger partial charge is 0.368 e. The van der Waals surface area contributed by atoms with Gasteiger partial charge in [0, 0.05) is 5.56 Å². The Hall–Kier alpha value is -1.46. The molecule has 1 aromatic rings. The average Bonchev–Trinajstić information content (AvgIpc) is 2.16. The van der Waals surface area contributed by atoms with Crippen LogP contribution in [0.3, 0.4) is 0 Å². The Morgan fingerprint density at radius 3 is 2.33 bits per heavy atom. The van der Waals surface area contributed by atoms with Crippen LogP contribution in [0.5, 0.6) is 0 Å². The Kier molecular flexibility index (Phi) is 3.06. The number of carbonyl (C=O) groups excluding carboxylic acids is 1. The molecule has 1 rings (SSSR count). The molecule has 0 aliphatic heterocycles. The molecular formula is C9H5F5O. The van der Waals surface area contributed by atoms with Crippen molar-refractivity contribution < 1.29 is 26.7 Å². The fraction of sp³-hybridized carbons (Fsp3) is 0.222. The van der Waals surface area contributed by atoms with Crippen molar-refractivity contribution in [1.82, 2.24) is 0 Å². The minimum absolute atomic E-state index is 0.485. The van der Waals surface area contributed by atoms with Crippen molar-refractivity contribution in [3.63, 3.8) is 0 Å². The molecule has 0 fully saturated rings. The molecule has 0 aromatic heterocycles. The maximum Gasteiger partial charge on any atom is 0.368 e. The van der Waals surface area contributed by atoms with Crippen molar-refractivity contribution in [3.05, 3.63) is 35.6 Å². The van der Waals surface area contributed by atoms with Crippen LogP contribution in [0.1, 0.15) is 10.4 Å². The number of Topliss-reactive ketones (excluding diaryl/α,β-unsaturated/α-hetero) is 1. The van der Waals surface area contributed by atoms with E-state index in [1.54, 1.807) is 0 Å². The van der Waals surface area contributed by atoms with Gasteiger partial charge in [0.1, 0.15) is 5.82 Å². The summed E-state index contributed by atoms with van der Waals surface area (Å²) in [6.07, 6.45) is -4.10. The van der Waals surface area contributed by atoms with Gasteiger partial charge in [0.15, 0.2) is 0 Å². The third kappa shape index (κ3) is 2.31. The van der Waals surface area contributed by atoms with Crippen LogP contribution in [0.4, 0.5) is 22.0 Å². The van der Waals surface area contributed by atoms with E-state index in [0.717, 1.165) is 18.2 Å². The molecule has 0 atom stereocenters. The molecule has 0 radical (unpaired) electrons. The smallest absolute Gasteiger partial charge is 0.287 e. The second-order valence-electron chi connectivity index (χ2n) is 2.76. The van der Waals surface area contributed by atoms with E-state index in [0.29, 0.717) is 6.07 Å². The highest BCUT2D eigenvalue weighted by molar-refractivity contribution is 6.01. The van der Waals surface area contributed by atoms with Gasteiger partial charge < -0.3 is 0 Å². The van der Waals surface area contributed by atoms with E-state index in [1.165, 1.54) is 0 Å². The van der Waals surface area contributed by atoms with Crippen LogP contribution in [0.15, 0.2) is 24.3 Å². The van der Waals surface area contributed by atoms with Gasteiger partial charge >= 0.3 is 12.3 Å². The first-order valence-electron chi connectivity index (χ1n) is 3.82. The predicted molar refractivity (Wildman–Crippen MR) is 41.7 cm³/mol. The van der Waals surface area contributed by atoms with E-state index in [9.17, 15) is 26.7 Å². The number of hydrogen-bond acceptors (Lipinski definition) is 1. The molecule has 0 saturated carbocycles. The summed E-state index contributed by atoms with van der Waals surface area (Å²) in [5, 5.41) is 0.